The Morgan fingerprint density at radius 1 is 1.06 bits per heavy atom. The number of para-hydroxylation sites is 2. The number of aromatic hydroxyl groups is 1. The summed E-state index contributed by atoms with van der Waals surface area (Å²) in [7, 11) is -4.27. The standard InChI is InChI=1S/C26H19N3O4S/c1-2-33-22-10-4-3-9-19(22)24-20-15-17(16-27)12-13-21(20)29(26(24)30)34(31,32)23-11-5-7-18-8-6-14-28-25(18)23/h3-15,30H,2H2,1H3. The Bertz CT molecular complexity index is 1710. The van der Waals surface area contributed by atoms with Gasteiger partial charge in [-0.1, -0.05) is 36.4 Å². The van der Waals surface area contributed by atoms with Crippen LogP contribution in [0.5, 0.6) is 11.6 Å². The van der Waals surface area contributed by atoms with Crippen LogP contribution in [0.4, 0.5) is 0 Å². The van der Waals surface area contributed by atoms with Crippen LogP contribution < -0.4 is 4.74 Å². The maximum Gasteiger partial charge on any atom is 0.273 e. The third-order valence-electron chi connectivity index (χ3n) is 5.60. The molecule has 0 aliphatic heterocycles. The first-order valence-corrected chi connectivity index (χ1v) is 12.0. The molecular formula is C26H19N3O4S. The summed E-state index contributed by atoms with van der Waals surface area (Å²) in [5.41, 5.74) is 1.67. The quantitative estimate of drug-likeness (QED) is 0.385. The van der Waals surface area contributed by atoms with Gasteiger partial charge in [-0.15, -0.1) is 0 Å². The fourth-order valence-corrected chi connectivity index (χ4v) is 5.76. The van der Waals surface area contributed by atoms with Crippen LogP contribution in [0, 0.1) is 11.3 Å². The molecule has 0 spiro atoms. The molecule has 1 N–H and O–H groups in total. The minimum Gasteiger partial charge on any atom is -0.493 e. The highest BCUT2D eigenvalue weighted by Crippen LogP contribution is 2.45. The van der Waals surface area contributed by atoms with Crippen molar-refractivity contribution >= 4 is 31.8 Å². The molecule has 0 unspecified atom stereocenters. The van der Waals surface area contributed by atoms with E-state index in [9.17, 15) is 18.8 Å². The number of aromatic nitrogens is 2. The summed E-state index contributed by atoms with van der Waals surface area (Å²) in [5.74, 6) is 0.0242. The minimum atomic E-state index is -4.27. The van der Waals surface area contributed by atoms with Crippen LogP contribution in [0.15, 0.2) is 83.9 Å². The number of ether oxygens (including phenoxy) is 1. The van der Waals surface area contributed by atoms with Crippen LogP contribution in [0.25, 0.3) is 32.9 Å². The van der Waals surface area contributed by atoms with Gasteiger partial charge in [0, 0.05) is 22.5 Å². The molecule has 0 saturated heterocycles. The van der Waals surface area contributed by atoms with Crippen molar-refractivity contribution < 1.29 is 18.3 Å². The number of hydrogen-bond donors (Lipinski definition) is 1. The molecule has 0 bridgehead atoms. The number of nitrogens with zero attached hydrogens (tertiary/aromatic N) is 3. The molecule has 0 aliphatic rings. The van der Waals surface area contributed by atoms with Crippen molar-refractivity contribution in [2.75, 3.05) is 6.61 Å². The number of benzene rings is 3. The molecule has 0 amide bonds. The van der Waals surface area contributed by atoms with Crippen molar-refractivity contribution in [2.24, 2.45) is 0 Å². The van der Waals surface area contributed by atoms with Gasteiger partial charge in [0.15, 0.2) is 0 Å². The van der Waals surface area contributed by atoms with Gasteiger partial charge in [-0.2, -0.15) is 5.26 Å². The molecule has 168 valence electrons. The molecule has 2 aromatic heterocycles. The van der Waals surface area contributed by atoms with Crippen molar-refractivity contribution in [3.8, 4) is 28.8 Å². The molecule has 0 fully saturated rings. The first kappa shape index (κ1) is 21.5. The van der Waals surface area contributed by atoms with E-state index in [1.807, 2.05) is 6.92 Å². The Hall–Kier alpha value is -4.35. The highest BCUT2D eigenvalue weighted by atomic mass is 32.2. The molecule has 5 aromatic rings. The minimum absolute atomic E-state index is 0.0354. The van der Waals surface area contributed by atoms with E-state index in [2.05, 4.69) is 11.1 Å². The maximum absolute atomic E-state index is 14.0. The molecule has 0 aliphatic carbocycles. The van der Waals surface area contributed by atoms with E-state index in [-0.39, 0.29) is 16.0 Å². The van der Waals surface area contributed by atoms with Crippen LogP contribution in [-0.2, 0) is 10.0 Å². The number of nitriles is 1. The largest absolute Gasteiger partial charge is 0.493 e. The van der Waals surface area contributed by atoms with Crippen molar-refractivity contribution in [1.29, 1.82) is 5.26 Å². The van der Waals surface area contributed by atoms with Crippen molar-refractivity contribution in [1.82, 2.24) is 8.96 Å². The second-order valence-electron chi connectivity index (χ2n) is 7.57. The fraction of sp³-hybridized carbons (Fsp3) is 0.0769. The lowest BCUT2D eigenvalue weighted by Crippen LogP contribution is -2.13. The number of hydrogen-bond acceptors (Lipinski definition) is 6. The van der Waals surface area contributed by atoms with Gasteiger partial charge in [0.05, 0.1) is 34.8 Å². The number of pyridine rings is 1. The summed E-state index contributed by atoms with van der Waals surface area (Å²) in [4.78, 5) is 4.24. The van der Waals surface area contributed by atoms with E-state index < -0.39 is 15.9 Å². The van der Waals surface area contributed by atoms with Gasteiger partial charge in [0.1, 0.15) is 10.6 Å². The third-order valence-corrected chi connectivity index (χ3v) is 7.34. The second kappa shape index (κ2) is 8.21. The Labute approximate surface area is 196 Å². The molecule has 0 saturated carbocycles. The average molecular weight is 470 g/mol. The zero-order valence-electron chi connectivity index (χ0n) is 18.1. The summed E-state index contributed by atoms with van der Waals surface area (Å²) in [5, 5.41) is 22.0. The summed E-state index contributed by atoms with van der Waals surface area (Å²) in [6.45, 7) is 2.23. The first-order valence-electron chi connectivity index (χ1n) is 10.6. The molecule has 0 radical (unpaired) electrons. The molecule has 34 heavy (non-hydrogen) atoms. The van der Waals surface area contributed by atoms with Gasteiger partial charge in [0.2, 0.25) is 5.88 Å². The molecule has 8 heteroatoms. The van der Waals surface area contributed by atoms with Crippen LogP contribution >= 0.6 is 0 Å². The Morgan fingerprint density at radius 3 is 2.65 bits per heavy atom. The summed E-state index contributed by atoms with van der Waals surface area (Å²) >= 11 is 0. The van der Waals surface area contributed by atoms with E-state index in [1.54, 1.807) is 54.6 Å². The average Bonchev–Trinajstić information content (AvgIpc) is 3.15. The highest BCUT2D eigenvalue weighted by molar-refractivity contribution is 7.90. The van der Waals surface area contributed by atoms with Crippen LogP contribution in [0.3, 0.4) is 0 Å². The highest BCUT2D eigenvalue weighted by Gasteiger charge is 2.30. The lowest BCUT2D eigenvalue weighted by molar-refractivity contribution is 0.341. The summed E-state index contributed by atoms with van der Waals surface area (Å²) < 4.78 is 34.6. The molecule has 3 aromatic carbocycles. The normalized spacial score (nSPS) is 11.5. The fourth-order valence-electron chi connectivity index (χ4n) is 4.17. The van der Waals surface area contributed by atoms with E-state index in [1.165, 1.54) is 24.4 Å². The number of fused-ring (bicyclic) bond motifs is 2. The van der Waals surface area contributed by atoms with E-state index in [4.69, 9.17) is 4.74 Å². The maximum atomic E-state index is 14.0. The topological polar surface area (TPSA) is 105 Å². The van der Waals surface area contributed by atoms with Gasteiger partial charge >= 0.3 is 0 Å². The SMILES string of the molecule is CCOc1ccccc1-c1c(O)n(S(=O)(=O)c2cccc3cccnc23)c2ccc(C#N)cc12. The second-order valence-corrected chi connectivity index (χ2v) is 9.33. The van der Waals surface area contributed by atoms with Crippen molar-refractivity contribution in [3.05, 3.63) is 84.6 Å². The van der Waals surface area contributed by atoms with Gasteiger partial charge in [-0.05, 0) is 43.3 Å². The predicted molar refractivity (Wildman–Crippen MR) is 129 cm³/mol. The first-order chi connectivity index (χ1) is 16.5. The smallest absolute Gasteiger partial charge is 0.273 e. The monoisotopic (exact) mass is 469 g/mol. The van der Waals surface area contributed by atoms with Crippen LogP contribution in [0.2, 0.25) is 0 Å². The third kappa shape index (κ3) is 3.26. The zero-order valence-corrected chi connectivity index (χ0v) is 19.0. The lowest BCUT2D eigenvalue weighted by Gasteiger charge is -2.12. The molecule has 2 heterocycles. The summed E-state index contributed by atoms with van der Waals surface area (Å²) in [6, 6.07) is 22.1. The predicted octanol–water partition coefficient (Wildman–Crippen LogP) is 5.07. The van der Waals surface area contributed by atoms with E-state index in [0.29, 0.717) is 39.8 Å². The van der Waals surface area contributed by atoms with Gasteiger partial charge in [0.25, 0.3) is 10.0 Å². The van der Waals surface area contributed by atoms with Gasteiger partial charge in [-0.25, -0.2) is 12.4 Å². The van der Waals surface area contributed by atoms with Crippen LogP contribution in [0.1, 0.15) is 12.5 Å². The molecule has 7 nitrogen and oxygen atoms in total. The number of rotatable bonds is 5. The molecule has 0 atom stereocenters. The van der Waals surface area contributed by atoms with Gasteiger partial charge in [-0.3, -0.25) is 4.98 Å². The Kier molecular flexibility index (Phi) is 5.19. The van der Waals surface area contributed by atoms with Crippen molar-refractivity contribution in [3.63, 3.8) is 0 Å². The Balaban J connectivity index is 1.88. The van der Waals surface area contributed by atoms with Gasteiger partial charge < -0.3 is 9.84 Å². The van der Waals surface area contributed by atoms with Crippen molar-refractivity contribution in [2.45, 2.75) is 11.8 Å². The molecule has 5 rings (SSSR count). The summed E-state index contributed by atoms with van der Waals surface area (Å²) in [6.07, 6.45) is 1.53. The lowest BCUT2D eigenvalue weighted by atomic mass is 10.0. The molecular weight excluding hydrogens is 450 g/mol. The van der Waals surface area contributed by atoms with E-state index >= 15 is 0 Å². The van der Waals surface area contributed by atoms with E-state index in [0.717, 1.165) is 3.97 Å². The van der Waals surface area contributed by atoms with Crippen LogP contribution in [-0.4, -0.2) is 29.1 Å². The zero-order chi connectivity index (χ0) is 23.9. The Morgan fingerprint density at radius 2 is 1.85 bits per heavy atom.